The lowest BCUT2D eigenvalue weighted by Crippen LogP contribution is -2.14. The van der Waals surface area contributed by atoms with Gasteiger partial charge in [0, 0.05) is 5.56 Å². The molecule has 0 bridgehead atoms. The number of hydrogen-bond donors (Lipinski definition) is 2. The molecule has 0 aliphatic carbocycles. The average Bonchev–Trinajstić information content (AvgIpc) is 2.87. The normalized spacial score (nSPS) is 11.6. The zero-order valence-electron chi connectivity index (χ0n) is 13.4. The number of nitrogen functional groups attached to an aromatic ring is 1. The van der Waals surface area contributed by atoms with E-state index in [1.54, 1.807) is 18.3 Å². The monoisotopic (exact) mass is 309 g/mol. The van der Waals surface area contributed by atoms with Crippen LogP contribution in [0.15, 0.2) is 42.6 Å². The summed E-state index contributed by atoms with van der Waals surface area (Å²) in [6.45, 7) is 6.41. The van der Waals surface area contributed by atoms with Gasteiger partial charge in [-0.25, -0.2) is 9.50 Å². The predicted octanol–water partition coefficient (Wildman–Crippen LogP) is 2.86. The van der Waals surface area contributed by atoms with E-state index in [1.165, 1.54) is 10.1 Å². The smallest absolute Gasteiger partial charge is 0.256 e. The molecule has 0 fully saturated rings. The van der Waals surface area contributed by atoms with Crippen LogP contribution in [0, 0.1) is 0 Å². The number of aromatic nitrogens is 3. The first kappa shape index (κ1) is 15.0. The Labute approximate surface area is 134 Å². The van der Waals surface area contributed by atoms with Gasteiger partial charge < -0.3 is 11.1 Å². The highest BCUT2D eigenvalue weighted by atomic mass is 16.1. The summed E-state index contributed by atoms with van der Waals surface area (Å²) in [6, 6.07) is 11.0. The van der Waals surface area contributed by atoms with E-state index in [9.17, 15) is 4.79 Å². The van der Waals surface area contributed by atoms with Crippen molar-refractivity contribution in [3.63, 3.8) is 0 Å². The molecule has 0 radical (unpaired) electrons. The molecule has 2 heterocycles. The van der Waals surface area contributed by atoms with Crippen LogP contribution in [0.2, 0.25) is 0 Å². The maximum Gasteiger partial charge on any atom is 0.256 e. The first-order valence-corrected chi connectivity index (χ1v) is 7.37. The third-order valence-electron chi connectivity index (χ3n) is 3.60. The molecule has 6 nitrogen and oxygen atoms in total. The highest BCUT2D eigenvalue weighted by molar-refractivity contribution is 6.03. The number of amides is 1. The minimum absolute atomic E-state index is 0.0577. The van der Waals surface area contributed by atoms with Crippen LogP contribution in [0.5, 0.6) is 0 Å². The van der Waals surface area contributed by atoms with E-state index in [2.05, 4.69) is 36.2 Å². The topological polar surface area (TPSA) is 85.3 Å². The highest BCUT2D eigenvalue weighted by Crippen LogP contribution is 2.22. The molecule has 23 heavy (non-hydrogen) atoms. The number of nitrogens with one attached hydrogen (secondary N) is 1. The van der Waals surface area contributed by atoms with Gasteiger partial charge in [0.1, 0.15) is 5.82 Å². The second-order valence-electron chi connectivity index (χ2n) is 6.47. The maximum absolute atomic E-state index is 12.3. The number of rotatable bonds is 2. The summed E-state index contributed by atoms with van der Waals surface area (Å²) in [4.78, 5) is 16.6. The van der Waals surface area contributed by atoms with Crippen molar-refractivity contribution in [2.75, 3.05) is 11.1 Å². The summed E-state index contributed by atoms with van der Waals surface area (Å²) < 4.78 is 1.54. The summed E-state index contributed by atoms with van der Waals surface area (Å²) in [7, 11) is 0. The van der Waals surface area contributed by atoms with E-state index in [4.69, 9.17) is 5.73 Å². The maximum atomic E-state index is 12.3. The zero-order chi connectivity index (χ0) is 16.6. The molecule has 0 atom stereocenters. The molecular formula is C17H19N5O. The third kappa shape index (κ3) is 3.15. The molecule has 3 aromatic rings. The van der Waals surface area contributed by atoms with Crippen LogP contribution in [-0.2, 0) is 5.41 Å². The van der Waals surface area contributed by atoms with Crippen LogP contribution in [-0.4, -0.2) is 20.5 Å². The molecule has 3 N–H and O–H groups in total. The fourth-order valence-corrected chi connectivity index (χ4v) is 2.27. The Bertz CT molecular complexity index is 859. The van der Waals surface area contributed by atoms with Crippen LogP contribution in [0.1, 0.15) is 36.7 Å². The van der Waals surface area contributed by atoms with Crippen LogP contribution in [0.25, 0.3) is 5.65 Å². The number of fused-ring (bicyclic) bond motifs is 1. The predicted molar refractivity (Wildman–Crippen MR) is 90.5 cm³/mol. The van der Waals surface area contributed by atoms with Gasteiger partial charge in [0.2, 0.25) is 0 Å². The number of nitrogens with zero attached hydrogens (tertiary/aromatic N) is 3. The number of anilines is 2. The standard InChI is InChI=1S/C17H19N5O/c1-17(2,3)12-6-4-11(5-7-12)16(23)20-14-10-22-15(19-14)9-8-13(18)21-22/h4-10H,1-3H3,(H2,18,21)(H,20,23). The van der Waals surface area contributed by atoms with Crippen molar-refractivity contribution < 1.29 is 4.79 Å². The molecule has 0 spiro atoms. The summed E-state index contributed by atoms with van der Waals surface area (Å²) in [5.74, 6) is 0.625. The fourth-order valence-electron chi connectivity index (χ4n) is 2.27. The Kier molecular flexibility index (Phi) is 3.52. The van der Waals surface area contributed by atoms with Gasteiger partial charge in [0.05, 0.1) is 6.20 Å². The lowest BCUT2D eigenvalue weighted by Gasteiger charge is -2.18. The molecule has 0 aliphatic heterocycles. The van der Waals surface area contributed by atoms with Gasteiger partial charge in [-0.05, 0) is 35.2 Å². The lowest BCUT2D eigenvalue weighted by atomic mass is 9.87. The summed E-state index contributed by atoms with van der Waals surface area (Å²) in [6.07, 6.45) is 1.63. The van der Waals surface area contributed by atoms with Gasteiger partial charge in [0.15, 0.2) is 11.5 Å². The van der Waals surface area contributed by atoms with Gasteiger partial charge >= 0.3 is 0 Å². The van der Waals surface area contributed by atoms with Crippen molar-refractivity contribution in [2.45, 2.75) is 26.2 Å². The van der Waals surface area contributed by atoms with Gasteiger partial charge in [-0.1, -0.05) is 32.9 Å². The summed E-state index contributed by atoms with van der Waals surface area (Å²) in [5, 5.41) is 6.87. The minimum Gasteiger partial charge on any atom is -0.382 e. The van der Waals surface area contributed by atoms with Crippen molar-refractivity contribution in [1.82, 2.24) is 14.6 Å². The largest absolute Gasteiger partial charge is 0.382 e. The molecule has 1 aromatic carbocycles. The highest BCUT2D eigenvalue weighted by Gasteiger charge is 2.15. The Morgan fingerprint density at radius 3 is 2.48 bits per heavy atom. The summed E-state index contributed by atoms with van der Waals surface area (Å²) >= 11 is 0. The van der Waals surface area contributed by atoms with Gasteiger partial charge in [0.25, 0.3) is 5.91 Å². The van der Waals surface area contributed by atoms with Crippen LogP contribution in [0.3, 0.4) is 0 Å². The van der Waals surface area contributed by atoms with Crippen molar-refractivity contribution in [2.24, 2.45) is 0 Å². The number of nitrogens with two attached hydrogens (primary N) is 1. The lowest BCUT2D eigenvalue weighted by molar-refractivity contribution is 0.102. The molecule has 0 unspecified atom stereocenters. The third-order valence-corrected chi connectivity index (χ3v) is 3.60. The van der Waals surface area contributed by atoms with E-state index >= 15 is 0 Å². The minimum atomic E-state index is -0.207. The van der Waals surface area contributed by atoms with Crippen LogP contribution >= 0.6 is 0 Å². The van der Waals surface area contributed by atoms with Crippen LogP contribution in [0.4, 0.5) is 11.6 Å². The van der Waals surface area contributed by atoms with Crippen molar-refractivity contribution in [3.05, 3.63) is 53.7 Å². The van der Waals surface area contributed by atoms with Crippen molar-refractivity contribution >= 4 is 23.2 Å². The molecule has 0 aliphatic rings. The second kappa shape index (κ2) is 5.39. The molecule has 0 saturated carbocycles. The van der Waals surface area contributed by atoms with Crippen molar-refractivity contribution in [3.8, 4) is 0 Å². The molecular weight excluding hydrogens is 290 g/mol. The number of carbonyl (C=O) groups is 1. The number of hydrogen-bond acceptors (Lipinski definition) is 4. The van der Waals surface area contributed by atoms with Crippen LogP contribution < -0.4 is 11.1 Å². The Balaban J connectivity index is 1.80. The van der Waals surface area contributed by atoms with Gasteiger partial charge in [-0.3, -0.25) is 4.79 Å². The number of carbonyl (C=O) groups excluding carboxylic acids is 1. The molecule has 6 heteroatoms. The Morgan fingerprint density at radius 2 is 1.83 bits per heavy atom. The first-order chi connectivity index (χ1) is 10.8. The van der Waals surface area contributed by atoms with E-state index in [0.717, 1.165) is 0 Å². The van der Waals surface area contributed by atoms with Crippen molar-refractivity contribution in [1.29, 1.82) is 0 Å². The van der Waals surface area contributed by atoms with Gasteiger partial charge in [-0.2, -0.15) is 0 Å². The average molecular weight is 309 g/mol. The molecule has 3 rings (SSSR count). The molecule has 118 valence electrons. The first-order valence-electron chi connectivity index (χ1n) is 7.37. The van der Waals surface area contributed by atoms with E-state index < -0.39 is 0 Å². The molecule has 0 saturated heterocycles. The number of imidazole rings is 1. The number of benzene rings is 1. The SMILES string of the molecule is CC(C)(C)c1ccc(C(=O)Nc2cn3nc(N)ccc3n2)cc1. The quantitative estimate of drug-likeness (QED) is 0.762. The zero-order valence-corrected chi connectivity index (χ0v) is 13.4. The van der Waals surface area contributed by atoms with Gasteiger partial charge in [-0.15, -0.1) is 5.10 Å². The molecule has 1 amide bonds. The van der Waals surface area contributed by atoms with E-state index in [-0.39, 0.29) is 11.3 Å². The Morgan fingerprint density at radius 1 is 1.13 bits per heavy atom. The van der Waals surface area contributed by atoms with E-state index in [0.29, 0.717) is 22.8 Å². The molecule has 2 aromatic heterocycles. The summed E-state index contributed by atoms with van der Waals surface area (Å²) in [5.41, 5.74) is 8.08. The fraction of sp³-hybridized carbons (Fsp3) is 0.235. The van der Waals surface area contributed by atoms with E-state index in [1.807, 2.05) is 24.3 Å². The second-order valence-corrected chi connectivity index (χ2v) is 6.47. The Hall–Kier alpha value is -2.89.